The lowest BCUT2D eigenvalue weighted by Gasteiger charge is -2.01. The van der Waals surface area contributed by atoms with Crippen molar-refractivity contribution in [1.29, 1.82) is 0 Å². The first-order valence-corrected chi connectivity index (χ1v) is 3.32. The summed E-state index contributed by atoms with van der Waals surface area (Å²) in [6.45, 7) is 4.44. The highest BCUT2D eigenvalue weighted by Gasteiger charge is 2.24. The van der Waals surface area contributed by atoms with E-state index >= 15 is 0 Å². The van der Waals surface area contributed by atoms with E-state index in [2.05, 4.69) is 6.92 Å². The van der Waals surface area contributed by atoms with Crippen LogP contribution in [0.4, 0.5) is 0 Å². The minimum Gasteiger partial charge on any atom is -0.370 e. The van der Waals surface area contributed by atoms with Gasteiger partial charge < -0.3 is 4.74 Å². The number of ether oxygens (including phenoxy) is 1. The molecule has 2 nitrogen and oxygen atoms in total. The third-order valence-corrected chi connectivity index (χ3v) is 1.65. The van der Waals surface area contributed by atoms with Gasteiger partial charge >= 0.3 is 0 Å². The van der Waals surface area contributed by atoms with Crippen molar-refractivity contribution in [1.82, 2.24) is 0 Å². The Morgan fingerprint density at radius 2 is 2.33 bits per heavy atom. The molecule has 1 saturated heterocycles. The van der Waals surface area contributed by atoms with Crippen molar-refractivity contribution in [3.8, 4) is 0 Å². The molecule has 1 rings (SSSR count). The van der Waals surface area contributed by atoms with Gasteiger partial charge in [-0.15, -0.1) is 0 Å². The van der Waals surface area contributed by atoms with Gasteiger partial charge in [-0.25, -0.2) is 0 Å². The number of Topliss-reactive ketones (excluding diaryl/α,β-unsaturated/α-hetero) is 1. The maximum atomic E-state index is 10.7. The highest BCUT2D eigenvalue weighted by Crippen LogP contribution is 2.18. The molecular formula is C7H12O2. The Labute approximate surface area is 55.2 Å². The van der Waals surface area contributed by atoms with Crippen LogP contribution in [0.2, 0.25) is 0 Å². The van der Waals surface area contributed by atoms with Crippen LogP contribution >= 0.6 is 0 Å². The summed E-state index contributed by atoms with van der Waals surface area (Å²) in [5.74, 6) is 0.734. The molecule has 2 unspecified atom stereocenters. The largest absolute Gasteiger partial charge is 0.370 e. The van der Waals surface area contributed by atoms with Gasteiger partial charge in [-0.1, -0.05) is 6.92 Å². The summed E-state index contributed by atoms with van der Waals surface area (Å²) in [7, 11) is 0. The van der Waals surface area contributed by atoms with Crippen molar-refractivity contribution in [3.63, 3.8) is 0 Å². The maximum absolute atomic E-state index is 10.7. The number of carbonyl (C=O) groups excluding carboxylic acids is 1. The van der Waals surface area contributed by atoms with E-state index in [-0.39, 0.29) is 11.9 Å². The molecule has 2 atom stereocenters. The van der Waals surface area contributed by atoms with Gasteiger partial charge in [0.1, 0.15) is 6.10 Å². The normalized spacial score (nSPS) is 34.9. The Kier molecular flexibility index (Phi) is 1.86. The zero-order valence-electron chi connectivity index (χ0n) is 5.89. The molecule has 0 aromatic heterocycles. The Bertz CT molecular complexity index is 120. The Hall–Kier alpha value is -0.370. The number of hydrogen-bond acceptors (Lipinski definition) is 2. The molecule has 9 heavy (non-hydrogen) atoms. The SMILES string of the molecule is CC(=O)C1CC(C)CO1. The molecule has 0 aromatic rings. The summed E-state index contributed by atoms with van der Waals surface area (Å²) in [5, 5.41) is 0. The number of hydrogen-bond donors (Lipinski definition) is 0. The van der Waals surface area contributed by atoms with Crippen molar-refractivity contribution in [3.05, 3.63) is 0 Å². The Morgan fingerprint density at radius 3 is 2.56 bits per heavy atom. The molecule has 1 aliphatic heterocycles. The van der Waals surface area contributed by atoms with Crippen LogP contribution in [0.3, 0.4) is 0 Å². The van der Waals surface area contributed by atoms with Crippen LogP contribution in [0.15, 0.2) is 0 Å². The highest BCUT2D eigenvalue weighted by atomic mass is 16.5. The van der Waals surface area contributed by atoms with Gasteiger partial charge in [0.05, 0.1) is 6.61 Å². The monoisotopic (exact) mass is 128 g/mol. The molecule has 2 heteroatoms. The zero-order valence-corrected chi connectivity index (χ0v) is 5.89. The van der Waals surface area contributed by atoms with Gasteiger partial charge in [0.15, 0.2) is 5.78 Å². The highest BCUT2D eigenvalue weighted by molar-refractivity contribution is 5.80. The van der Waals surface area contributed by atoms with Crippen molar-refractivity contribution >= 4 is 5.78 Å². The first-order chi connectivity index (χ1) is 4.20. The van der Waals surface area contributed by atoms with Crippen LogP contribution in [-0.2, 0) is 9.53 Å². The van der Waals surface area contributed by atoms with E-state index in [0.717, 1.165) is 13.0 Å². The molecule has 1 fully saturated rings. The van der Waals surface area contributed by atoms with Gasteiger partial charge in [0.2, 0.25) is 0 Å². The molecule has 0 amide bonds. The van der Waals surface area contributed by atoms with Crippen LogP contribution in [0.5, 0.6) is 0 Å². The molecule has 52 valence electrons. The fourth-order valence-electron chi connectivity index (χ4n) is 1.07. The van der Waals surface area contributed by atoms with E-state index in [1.165, 1.54) is 0 Å². The average Bonchev–Trinajstić information content (AvgIpc) is 2.14. The Morgan fingerprint density at radius 1 is 1.67 bits per heavy atom. The van der Waals surface area contributed by atoms with E-state index in [4.69, 9.17) is 4.74 Å². The number of ketones is 1. The predicted molar refractivity (Wildman–Crippen MR) is 34.2 cm³/mol. The summed E-state index contributed by atoms with van der Waals surface area (Å²) in [6, 6.07) is 0. The molecular weight excluding hydrogens is 116 g/mol. The van der Waals surface area contributed by atoms with Gasteiger partial charge in [-0.05, 0) is 19.3 Å². The van der Waals surface area contributed by atoms with Crippen LogP contribution in [0.1, 0.15) is 20.3 Å². The Balaban J connectivity index is 2.39. The van der Waals surface area contributed by atoms with Gasteiger partial charge in [0, 0.05) is 0 Å². The first kappa shape index (κ1) is 6.75. The minimum atomic E-state index is -0.0972. The molecule has 1 heterocycles. The topological polar surface area (TPSA) is 26.3 Å². The fourth-order valence-corrected chi connectivity index (χ4v) is 1.07. The lowest BCUT2D eigenvalue weighted by Crippen LogP contribution is -2.15. The van der Waals surface area contributed by atoms with Crippen LogP contribution in [0, 0.1) is 5.92 Å². The maximum Gasteiger partial charge on any atom is 0.158 e. The molecule has 0 radical (unpaired) electrons. The van der Waals surface area contributed by atoms with Crippen LogP contribution in [0.25, 0.3) is 0 Å². The minimum absolute atomic E-state index is 0.0972. The first-order valence-electron chi connectivity index (χ1n) is 3.32. The van der Waals surface area contributed by atoms with Crippen molar-refractivity contribution < 1.29 is 9.53 Å². The standard InChI is InChI=1S/C7H12O2/c1-5-3-7(6(2)8)9-4-5/h5,7H,3-4H2,1-2H3. The second-order valence-corrected chi connectivity index (χ2v) is 2.77. The zero-order chi connectivity index (χ0) is 6.85. The number of carbonyl (C=O) groups is 1. The molecule has 0 bridgehead atoms. The van der Waals surface area contributed by atoms with E-state index in [9.17, 15) is 4.79 Å². The summed E-state index contributed by atoms with van der Waals surface area (Å²) >= 11 is 0. The van der Waals surface area contributed by atoms with Crippen LogP contribution in [-0.4, -0.2) is 18.5 Å². The lowest BCUT2D eigenvalue weighted by molar-refractivity contribution is -0.125. The van der Waals surface area contributed by atoms with Gasteiger partial charge in [-0.2, -0.15) is 0 Å². The summed E-state index contributed by atoms with van der Waals surface area (Å²) < 4.78 is 5.18. The lowest BCUT2D eigenvalue weighted by atomic mass is 10.1. The predicted octanol–water partition coefficient (Wildman–Crippen LogP) is 1.00. The molecule has 0 aliphatic carbocycles. The third kappa shape index (κ3) is 1.52. The van der Waals surface area contributed by atoms with E-state index in [1.54, 1.807) is 6.92 Å². The van der Waals surface area contributed by atoms with Crippen molar-refractivity contribution in [2.24, 2.45) is 5.92 Å². The average molecular weight is 128 g/mol. The molecule has 1 aliphatic rings. The van der Waals surface area contributed by atoms with Crippen LogP contribution < -0.4 is 0 Å². The van der Waals surface area contributed by atoms with Crippen molar-refractivity contribution in [2.45, 2.75) is 26.4 Å². The second kappa shape index (κ2) is 2.48. The third-order valence-electron chi connectivity index (χ3n) is 1.65. The smallest absolute Gasteiger partial charge is 0.158 e. The van der Waals surface area contributed by atoms with Gasteiger partial charge in [0.25, 0.3) is 0 Å². The van der Waals surface area contributed by atoms with Gasteiger partial charge in [-0.3, -0.25) is 4.79 Å². The van der Waals surface area contributed by atoms with E-state index < -0.39 is 0 Å². The number of rotatable bonds is 1. The molecule has 0 aromatic carbocycles. The molecule has 0 N–H and O–H groups in total. The van der Waals surface area contributed by atoms with E-state index in [1.807, 2.05) is 0 Å². The van der Waals surface area contributed by atoms with E-state index in [0.29, 0.717) is 5.92 Å². The second-order valence-electron chi connectivity index (χ2n) is 2.77. The molecule has 0 spiro atoms. The van der Waals surface area contributed by atoms with Crippen molar-refractivity contribution in [2.75, 3.05) is 6.61 Å². The quantitative estimate of drug-likeness (QED) is 0.526. The summed E-state index contributed by atoms with van der Waals surface area (Å²) in [4.78, 5) is 10.7. The molecule has 0 saturated carbocycles. The summed E-state index contributed by atoms with van der Waals surface area (Å²) in [5.41, 5.74) is 0. The fraction of sp³-hybridized carbons (Fsp3) is 0.857. The summed E-state index contributed by atoms with van der Waals surface area (Å²) in [6.07, 6.45) is 0.815.